The highest BCUT2D eigenvalue weighted by Crippen LogP contribution is 2.26. The molecule has 0 fully saturated rings. The van der Waals surface area contributed by atoms with Gasteiger partial charge >= 0.3 is 0 Å². The molecule has 0 saturated heterocycles. The molecule has 0 bridgehead atoms. The highest BCUT2D eigenvalue weighted by atomic mass is 35.5. The minimum atomic E-state index is 0. The van der Waals surface area contributed by atoms with Gasteiger partial charge < -0.3 is 20.9 Å². The molecular weight excluding hydrogens is 268 g/mol. The number of anilines is 1. The monoisotopic (exact) mass is 282 g/mol. The van der Waals surface area contributed by atoms with Crippen molar-refractivity contribution in [3.05, 3.63) is 30.6 Å². The summed E-state index contributed by atoms with van der Waals surface area (Å²) in [4.78, 5) is 8.57. The first kappa shape index (κ1) is 15.2. The molecule has 0 unspecified atom stereocenters. The molecule has 5 N–H and O–H groups in total. The van der Waals surface area contributed by atoms with Gasteiger partial charge in [0.1, 0.15) is 5.52 Å². The average molecular weight is 283 g/mol. The molecule has 0 aliphatic carbocycles. The van der Waals surface area contributed by atoms with Crippen LogP contribution in [0.15, 0.2) is 30.6 Å². The number of halogens is 1. The molecule has 19 heavy (non-hydrogen) atoms. The summed E-state index contributed by atoms with van der Waals surface area (Å²) in [6, 6.07) is 7.78. The van der Waals surface area contributed by atoms with E-state index in [1.807, 2.05) is 28.8 Å². The molecule has 3 aromatic rings. The van der Waals surface area contributed by atoms with Gasteiger partial charge in [0.15, 0.2) is 5.82 Å². The Kier molecular flexibility index (Phi) is 4.66. The summed E-state index contributed by atoms with van der Waals surface area (Å²) in [6.45, 7) is 0.575. The van der Waals surface area contributed by atoms with Crippen LogP contribution in [0.4, 0.5) is 5.82 Å². The van der Waals surface area contributed by atoms with E-state index in [0.29, 0.717) is 17.9 Å². The Balaban J connectivity index is 0.000000902. The third kappa shape index (κ3) is 2.33. The highest BCUT2D eigenvalue weighted by Gasteiger charge is 2.11. The number of rotatable bonds is 2. The van der Waals surface area contributed by atoms with Crippen molar-refractivity contribution in [3.63, 3.8) is 0 Å². The number of hydrogen-bond donors (Lipinski definition) is 2. The van der Waals surface area contributed by atoms with Crippen LogP contribution < -0.4 is 5.73 Å². The second kappa shape index (κ2) is 5.83. The first-order chi connectivity index (χ1) is 8.31. The second-order valence-corrected chi connectivity index (χ2v) is 3.87. The van der Waals surface area contributed by atoms with E-state index in [-0.39, 0.29) is 24.5 Å². The number of nitrogens with zero attached hydrogens (tertiary/aromatic N) is 3. The first-order valence-corrected chi connectivity index (χ1v) is 5.41. The lowest BCUT2D eigenvalue weighted by molar-refractivity contribution is 0.278. The molecule has 0 saturated carbocycles. The van der Waals surface area contributed by atoms with Gasteiger partial charge in [0.2, 0.25) is 0 Å². The number of nitrogen functional groups attached to an aromatic ring is 1. The van der Waals surface area contributed by atoms with E-state index in [9.17, 15) is 0 Å². The number of pyridine rings is 1. The lowest BCUT2D eigenvalue weighted by Gasteiger charge is -2.05. The van der Waals surface area contributed by atoms with Gasteiger partial charge in [-0.25, -0.2) is 9.97 Å². The minimum Gasteiger partial charge on any atom is -0.412 e. The SMILES string of the molecule is Cl.Nc1nc2ccccc2c2c1ncn2CCO.O. The minimum absolute atomic E-state index is 0. The van der Waals surface area contributed by atoms with E-state index in [1.165, 1.54) is 0 Å². The Labute approximate surface area is 115 Å². The molecule has 2 aromatic heterocycles. The predicted molar refractivity (Wildman–Crippen MR) is 77.4 cm³/mol. The summed E-state index contributed by atoms with van der Waals surface area (Å²) in [6.07, 6.45) is 1.69. The van der Waals surface area contributed by atoms with Crippen molar-refractivity contribution < 1.29 is 10.6 Å². The molecule has 1 aromatic carbocycles. The topological polar surface area (TPSA) is 108 Å². The maximum atomic E-state index is 9.04. The summed E-state index contributed by atoms with van der Waals surface area (Å²) in [5.74, 6) is 0.426. The molecule has 6 nitrogen and oxygen atoms in total. The smallest absolute Gasteiger partial charge is 0.152 e. The third-order valence-corrected chi connectivity index (χ3v) is 2.82. The van der Waals surface area contributed by atoms with Crippen LogP contribution >= 0.6 is 12.4 Å². The molecule has 0 aliphatic heterocycles. The van der Waals surface area contributed by atoms with E-state index in [2.05, 4.69) is 9.97 Å². The van der Waals surface area contributed by atoms with Gasteiger partial charge in [0, 0.05) is 11.9 Å². The summed E-state index contributed by atoms with van der Waals surface area (Å²) >= 11 is 0. The molecule has 0 amide bonds. The summed E-state index contributed by atoms with van der Waals surface area (Å²) < 4.78 is 1.90. The Morgan fingerprint density at radius 1 is 1.26 bits per heavy atom. The second-order valence-electron chi connectivity index (χ2n) is 3.87. The van der Waals surface area contributed by atoms with Crippen molar-refractivity contribution in [1.82, 2.24) is 14.5 Å². The molecule has 2 heterocycles. The van der Waals surface area contributed by atoms with Crippen molar-refractivity contribution in [2.45, 2.75) is 6.54 Å². The Morgan fingerprint density at radius 2 is 2.00 bits per heavy atom. The van der Waals surface area contributed by atoms with E-state index < -0.39 is 0 Å². The largest absolute Gasteiger partial charge is 0.412 e. The van der Waals surface area contributed by atoms with Crippen LogP contribution in [-0.2, 0) is 6.54 Å². The zero-order valence-corrected chi connectivity index (χ0v) is 10.9. The number of imidazole rings is 1. The molecule has 102 valence electrons. The van der Waals surface area contributed by atoms with E-state index in [1.54, 1.807) is 6.33 Å². The van der Waals surface area contributed by atoms with Crippen LogP contribution in [0.25, 0.3) is 21.9 Å². The average Bonchev–Trinajstić information content (AvgIpc) is 2.75. The van der Waals surface area contributed by atoms with Crippen LogP contribution in [-0.4, -0.2) is 31.7 Å². The van der Waals surface area contributed by atoms with E-state index in [4.69, 9.17) is 10.8 Å². The van der Waals surface area contributed by atoms with Gasteiger partial charge in [-0.15, -0.1) is 12.4 Å². The summed E-state index contributed by atoms with van der Waals surface area (Å²) in [5.41, 5.74) is 8.35. The van der Waals surface area contributed by atoms with E-state index >= 15 is 0 Å². The van der Waals surface area contributed by atoms with Gasteiger partial charge in [-0.05, 0) is 6.07 Å². The number of benzene rings is 1. The number of hydrogen-bond acceptors (Lipinski definition) is 4. The van der Waals surface area contributed by atoms with Crippen LogP contribution in [0.3, 0.4) is 0 Å². The van der Waals surface area contributed by atoms with Crippen LogP contribution in [0, 0.1) is 0 Å². The Hall–Kier alpha value is -1.89. The fourth-order valence-corrected chi connectivity index (χ4v) is 2.08. The Morgan fingerprint density at radius 3 is 2.74 bits per heavy atom. The molecule has 0 aliphatic rings. The molecule has 7 heteroatoms. The maximum Gasteiger partial charge on any atom is 0.152 e. The standard InChI is InChI=1S/C12H12N4O.ClH.H2O/c13-12-10-11(16(5-6-17)7-14-10)8-3-1-2-4-9(8)15-12;;/h1-4,7,17H,5-6H2,(H2,13,15);1H;1H2. The summed E-state index contributed by atoms with van der Waals surface area (Å²) in [5, 5.41) is 10.0. The highest BCUT2D eigenvalue weighted by molar-refractivity contribution is 6.06. The van der Waals surface area contributed by atoms with Gasteiger partial charge in [-0.1, -0.05) is 18.2 Å². The van der Waals surface area contributed by atoms with Crippen molar-refractivity contribution in [3.8, 4) is 0 Å². The van der Waals surface area contributed by atoms with Gasteiger partial charge in [-0.2, -0.15) is 0 Å². The Bertz CT molecular complexity index is 699. The molecule has 3 rings (SSSR count). The number of aliphatic hydroxyl groups is 1. The lowest BCUT2D eigenvalue weighted by Crippen LogP contribution is -2.01. The van der Waals surface area contributed by atoms with Crippen LogP contribution in [0.5, 0.6) is 0 Å². The van der Waals surface area contributed by atoms with Gasteiger partial charge in [0.05, 0.1) is 24.0 Å². The van der Waals surface area contributed by atoms with Crippen molar-refractivity contribution in [2.24, 2.45) is 0 Å². The molecule has 0 atom stereocenters. The van der Waals surface area contributed by atoms with E-state index in [0.717, 1.165) is 16.4 Å². The van der Waals surface area contributed by atoms with Gasteiger partial charge in [0.25, 0.3) is 0 Å². The molecule has 0 spiro atoms. The zero-order valence-electron chi connectivity index (χ0n) is 10.1. The van der Waals surface area contributed by atoms with Crippen molar-refractivity contribution >= 4 is 40.2 Å². The first-order valence-electron chi connectivity index (χ1n) is 5.41. The molecular formula is C12H15ClN4O2. The number of para-hydroxylation sites is 1. The normalized spacial score (nSPS) is 10.2. The number of aromatic nitrogens is 3. The van der Waals surface area contributed by atoms with Gasteiger partial charge in [-0.3, -0.25) is 0 Å². The maximum absolute atomic E-state index is 9.04. The quantitative estimate of drug-likeness (QED) is 0.723. The predicted octanol–water partition coefficient (Wildman–Crippen LogP) is 0.756. The lowest BCUT2D eigenvalue weighted by atomic mass is 10.2. The zero-order chi connectivity index (χ0) is 11.8. The molecule has 0 radical (unpaired) electrons. The van der Waals surface area contributed by atoms with Crippen LogP contribution in [0.2, 0.25) is 0 Å². The fourth-order valence-electron chi connectivity index (χ4n) is 2.08. The fraction of sp³-hybridized carbons (Fsp3) is 0.167. The number of nitrogens with two attached hydrogens (primary N) is 1. The third-order valence-electron chi connectivity index (χ3n) is 2.82. The number of aliphatic hydroxyl groups excluding tert-OH is 1. The van der Waals surface area contributed by atoms with Crippen molar-refractivity contribution in [2.75, 3.05) is 12.3 Å². The van der Waals surface area contributed by atoms with Crippen LogP contribution in [0.1, 0.15) is 0 Å². The van der Waals surface area contributed by atoms with Crippen molar-refractivity contribution in [1.29, 1.82) is 0 Å². The number of fused-ring (bicyclic) bond motifs is 3. The summed E-state index contributed by atoms with van der Waals surface area (Å²) in [7, 11) is 0.